The smallest absolute Gasteiger partial charge is 0.237 e. The summed E-state index contributed by atoms with van der Waals surface area (Å²) in [6.07, 6.45) is 2.04. The van der Waals surface area contributed by atoms with Crippen LogP contribution in [0.3, 0.4) is 0 Å². The molecular formula is C12H13BrN2OS2. The first-order valence-corrected chi connectivity index (χ1v) is 7.85. The molecule has 0 aliphatic carbocycles. The Morgan fingerprint density at radius 1 is 1.56 bits per heavy atom. The van der Waals surface area contributed by atoms with E-state index in [0.717, 1.165) is 23.1 Å². The number of nitrogens with one attached hydrogen (secondary N) is 1. The Bertz CT molecular complexity index is 487. The third kappa shape index (κ3) is 3.24. The van der Waals surface area contributed by atoms with Gasteiger partial charge < -0.3 is 11.1 Å². The van der Waals surface area contributed by atoms with Gasteiger partial charge in [0.1, 0.15) is 4.99 Å². The molecule has 0 bridgehead atoms. The lowest BCUT2D eigenvalue weighted by atomic mass is 10.1. The summed E-state index contributed by atoms with van der Waals surface area (Å²) in [5.74, 6) is 1.10. The number of carbonyl (C=O) groups is 1. The van der Waals surface area contributed by atoms with Gasteiger partial charge in [-0.2, -0.15) is 0 Å². The van der Waals surface area contributed by atoms with Crippen LogP contribution < -0.4 is 11.1 Å². The van der Waals surface area contributed by atoms with E-state index in [-0.39, 0.29) is 16.1 Å². The Morgan fingerprint density at radius 3 is 2.94 bits per heavy atom. The molecule has 0 saturated carbocycles. The van der Waals surface area contributed by atoms with E-state index in [1.165, 1.54) is 0 Å². The highest BCUT2D eigenvalue weighted by molar-refractivity contribution is 9.10. The summed E-state index contributed by atoms with van der Waals surface area (Å²) >= 11 is 10.1. The lowest BCUT2D eigenvalue weighted by Crippen LogP contribution is -2.24. The first-order valence-electron chi connectivity index (χ1n) is 5.60. The number of thioether (sulfide) groups is 1. The zero-order valence-corrected chi connectivity index (χ0v) is 12.8. The van der Waals surface area contributed by atoms with Gasteiger partial charge in [-0.25, -0.2) is 0 Å². The summed E-state index contributed by atoms with van der Waals surface area (Å²) in [5.41, 5.74) is 7.04. The summed E-state index contributed by atoms with van der Waals surface area (Å²) in [6, 6.07) is 5.50. The highest BCUT2D eigenvalue weighted by Gasteiger charge is 2.24. The Balaban J connectivity index is 2.17. The van der Waals surface area contributed by atoms with E-state index in [9.17, 15) is 4.79 Å². The minimum atomic E-state index is 0.0392. The molecule has 3 N–H and O–H groups in total. The van der Waals surface area contributed by atoms with Crippen molar-refractivity contribution in [3.05, 3.63) is 28.2 Å². The van der Waals surface area contributed by atoms with Gasteiger partial charge in [-0.1, -0.05) is 28.1 Å². The molecule has 1 unspecified atom stereocenters. The van der Waals surface area contributed by atoms with Crippen LogP contribution in [0.15, 0.2) is 22.7 Å². The Labute approximate surface area is 124 Å². The van der Waals surface area contributed by atoms with Gasteiger partial charge in [0.25, 0.3) is 0 Å². The van der Waals surface area contributed by atoms with Crippen LogP contribution in [0, 0.1) is 0 Å². The van der Waals surface area contributed by atoms with E-state index in [2.05, 4.69) is 21.2 Å². The van der Waals surface area contributed by atoms with E-state index in [1.54, 1.807) is 11.8 Å². The Hall–Kier alpha value is -0.590. The van der Waals surface area contributed by atoms with Gasteiger partial charge in [0, 0.05) is 10.0 Å². The number of carbonyl (C=O) groups excluding carboxylic acids is 1. The van der Waals surface area contributed by atoms with Crippen molar-refractivity contribution >= 4 is 56.5 Å². The molecule has 1 saturated heterocycles. The first-order chi connectivity index (χ1) is 8.58. The number of thiocarbonyl (C=S) groups is 1. The van der Waals surface area contributed by atoms with Crippen LogP contribution in [-0.2, 0) is 4.79 Å². The molecule has 6 heteroatoms. The second kappa shape index (κ2) is 6.04. The topological polar surface area (TPSA) is 55.1 Å². The number of benzene rings is 1. The molecule has 1 fully saturated rings. The molecule has 1 aromatic rings. The van der Waals surface area contributed by atoms with Crippen LogP contribution in [0.4, 0.5) is 5.69 Å². The molecule has 0 radical (unpaired) electrons. The van der Waals surface area contributed by atoms with E-state index < -0.39 is 0 Å². The molecule has 1 aliphatic heterocycles. The summed E-state index contributed by atoms with van der Waals surface area (Å²) in [6.45, 7) is 0. The minimum Gasteiger partial charge on any atom is -0.389 e. The zero-order chi connectivity index (χ0) is 13.1. The average molecular weight is 345 g/mol. The number of halogens is 1. The molecule has 96 valence electrons. The fourth-order valence-corrected chi connectivity index (χ4v) is 3.52. The van der Waals surface area contributed by atoms with E-state index in [1.807, 2.05) is 18.2 Å². The number of anilines is 1. The molecule has 0 spiro atoms. The van der Waals surface area contributed by atoms with Crippen molar-refractivity contribution in [2.45, 2.75) is 18.1 Å². The molecule has 1 aromatic carbocycles. The van der Waals surface area contributed by atoms with Crippen molar-refractivity contribution in [2.24, 2.45) is 5.73 Å². The first kappa shape index (κ1) is 13.8. The monoisotopic (exact) mass is 344 g/mol. The van der Waals surface area contributed by atoms with E-state index >= 15 is 0 Å². The molecule has 3 nitrogen and oxygen atoms in total. The van der Waals surface area contributed by atoms with Gasteiger partial charge in [-0.15, -0.1) is 11.8 Å². The van der Waals surface area contributed by atoms with Gasteiger partial charge in [0.2, 0.25) is 5.91 Å². The second-order valence-corrected chi connectivity index (χ2v) is 6.71. The van der Waals surface area contributed by atoms with Crippen molar-refractivity contribution in [1.82, 2.24) is 0 Å². The predicted octanol–water partition coefficient (Wildman–Crippen LogP) is 2.92. The standard InChI is InChI=1S/C12H13BrN2OS2/c13-7-3-4-9(8(6-7)11(14)17)15-12(16)10-2-1-5-18-10/h3-4,6,10H,1-2,5H2,(H2,14,17)(H,15,16). The second-order valence-electron chi connectivity index (χ2n) is 4.05. The quantitative estimate of drug-likeness (QED) is 0.827. The van der Waals surface area contributed by atoms with Gasteiger partial charge in [0.15, 0.2) is 0 Å². The van der Waals surface area contributed by atoms with Gasteiger partial charge >= 0.3 is 0 Å². The average Bonchev–Trinajstić information content (AvgIpc) is 2.84. The highest BCUT2D eigenvalue weighted by atomic mass is 79.9. The fourth-order valence-electron chi connectivity index (χ4n) is 1.83. The predicted molar refractivity (Wildman–Crippen MR) is 84.1 cm³/mol. The largest absolute Gasteiger partial charge is 0.389 e. The number of nitrogens with two attached hydrogens (primary N) is 1. The number of rotatable bonds is 3. The lowest BCUT2D eigenvalue weighted by Gasteiger charge is -2.13. The molecule has 1 atom stereocenters. The number of hydrogen-bond donors (Lipinski definition) is 2. The lowest BCUT2D eigenvalue weighted by molar-refractivity contribution is -0.115. The maximum Gasteiger partial charge on any atom is 0.237 e. The molecule has 0 aromatic heterocycles. The molecule has 2 rings (SSSR count). The zero-order valence-electron chi connectivity index (χ0n) is 9.61. The summed E-state index contributed by atoms with van der Waals surface area (Å²) in [4.78, 5) is 12.3. The van der Waals surface area contributed by atoms with Crippen molar-refractivity contribution < 1.29 is 4.79 Å². The van der Waals surface area contributed by atoms with Gasteiger partial charge in [-0.05, 0) is 36.8 Å². The van der Waals surface area contributed by atoms with Crippen LogP contribution in [0.1, 0.15) is 18.4 Å². The van der Waals surface area contributed by atoms with E-state index in [4.69, 9.17) is 18.0 Å². The normalized spacial score (nSPS) is 18.6. The van der Waals surface area contributed by atoms with Gasteiger partial charge in [0.05, 0.1) is 10.9 Å². The molecule has 18 heavy (non-hydrogen) atoms. The minimum absolute atomic E-state index is 0.0392. The maximum absolute atomic E-state index is 12.0. The number of amides is 1. The summed E-state index contributed by atoms with van der Waals surface area (Å²) in [7, 11) is 0. The van der Waals surface area contributed by atoms with Crippen LogP contribution in [0.2, 0.25) is 0 Å². The molecule has 1 heterocycles. The third-order valence-electron chi connectivity index (χ3n) is 2.73. The third-order valence-corrected chi connectivity index (χ3v) is 4.82. The highest BCUT2D eigenvalue weighted by Crippen LogP contribution is 2.28. The SMILES string of the molecule is NC(=S)c1cc(Br)ccc1NC(=O)C1CCCS1. The molecular weight excluding hydrogens is 332 g/mol. The van der Waals surface area contributed by atoms with Crippen LogP contribution in [0.5, 0.6) is 0 Å². The Morgan fingerprint density at radius 2 is 2.33 bits per heavy atom. The van der Waals surface area contributed by atoms with Crippen molar-refractivity contribution in [3.63, 3.8) is 0 Å². The fraction of sp³-hybridized carbons (Fsp3) is 0.333. The maximum atomic E-state index is 12.0. The van der Waals surface area contributed by atoms with Crippen molar-refractivity contribution in [2.75, 3.05) is 11.1 Å². The Kier molecular flexibility index (Phi) is 4.64. The van der Waals surface area contributed by atoms with Crippen LogP contribution in [-0.4, -0.2) is 21.9 Å². The molecule has 1 amide bonds. The van der Waals surface area contributed by atoms with Crippen LogP contribution >= 0.6 is 39.9 Å². The van der Waals surface area contributed by atoms with Crippen molar-refractivity contribution in [3.8, 4) is 0 Å². The van der Waals surface area contributed by atoms with Crippen LogP contribution in [0.25, 0.3) is 0 Å². The molecule has 1 aliphatic rings. The van der Waals surface area contributed by atoms with Gasteiger partial charge in [-0.3, -0.25) is 4.79 Å². The summed E-state index contributed by atoms with van der Waals surface area (Å²) < 4.78 is 0.888. The van der Waals surface area contributed by atoms with Crippen molar-refractivity contribution in [1.29, 1.82) is 0 Å². The number of hydrogen-bond acceptors (Lipinski definition) is 3. The summed E-state index contributed by atoms with van der Waals surface area (Å²) in [5, 5.41) is 2.96. The van der Waals surface area contributed by atoms with E-state index in [0.29, 0.717) is 11.3 Å².